The van der Waals surface area contributed by atoms with Crippen molar-refractivity contribution >= 4 is 50.7 Å². The summed E-state index contributed by atoms with van der Waals surface area (Å²) in [4.78, 5) is 47.0. The first kappa shape index (κ1) is 41.6. The molecule has 2 aliphatic carbocycles. The molecule has 2 aromatic heterocycles. The zero-order valence-corrected chi connectivity index (χ0v) is 35.1. The average Bonchev–Trinajstić information content (AvgIpc) is 3.78. The van der Waals surface area contributed by atoms with Gasteiger partial charge in [-0.25, -0.2) is 9.19 Å². The van der Waals surface area contributed by atoms with Crippen molar-refractivity contribution in [2.24, 2.45) is 16.2 Å². The second-order valence-corrected chi connectivity index (χ2v) is 17.8. The average molecular weight is 850 g/mol. The monoisotopic (exact) mass is 848 g/mol. The number of carbonyl (C=O) groups is 3. The highest BCUT2D eigenvalue weighted by molar-refractivity contribution is 7.91. The van der Waals surface area contributed by atoms with Gasteiger partial charge in [0, 0.05) is 74.5 Å². The number of nitrogens with zero attached hydrogens (tertiary/aromatic N) is 4. The van der Waals surface area contributed by atoms with Gasteiger partial charge in [0.1, 0.15) is 26.8 Å². The third kappa shape index (κ3) is 9.31. The Balaban J connectivity index is 1.03. The number of amides is 2. The molecule has 1 unspecified atom stereocenters. The van der Waals surface area contributed by atoms with Crippen LogP contribution in [0.3, 0.4) is 0 Å². The molecule has 7 rings (SSSR count). The molecule has 3 heterocycles. The van der Waals surface area contributed by atoms with Crippen molar-refractivity contribution in [3.63, 3.8) is 0 Å². The lowest BCUT2D eigenvalue weighted by Gasteiger charge is -2.37. The van der Waals surface area contributed by atoms with Crippen LogP contribution in [-0.2, 0) is 43.8 Å². The molecule has 2 amide bonds. The van der Waals surface area contributed by atoms with Crippen LogP contribution in [0.15, 0.2) is 59.0 Å². The highest BCUT2D eigenvalue weighted by Crippen LogP contribution is 2.45. The molecule has 3 atom stereocenters. The highest BCUT2D eigenvalue weighted by atomic mass is 35.5. The first-order valence-corrected chi connectivity index (χ1v) is 21.8. The molecular weight excluding hydrogens is 803 g/mol. The Hall–Kier alpha value is -4.60. The van der Waals surface area contributed by atoms with E-state index in [4.69, 9.17) is 42.4 Å². The van der Waals surface area contributed by atoms with Gasteiger partial charge in [-0.2, -0.15) is 4.98 Å². The number of nitrogens with one attached hydrogen (secondary N) is 2. The van der Waals surface area contributed by atoms with Gasteiger partial charge in [-0.1, -0.05) is 65.7 Å². The fourth-order valence-corrected chi connectivity index (χ4v) is 9.58. The predicted octanol–water partition coefficient (Wildman–Crippen LogP) is 6.77. The molecule has 3 aliphatic rings. The Morgan fingerprint density at radius 1 is 0.931 bits per heavy atom. The number of aromatic nitrogens is 2. The fraction of sp³-hybridized carbons (Fsp3) is 0.405. The minimum absolute atomic E-state index is 0.254. The number of benzene rings is 2. The summed E-state index contributed by atoms with van der Waals surface area (Å²) >= 11 is 14.0. The Morgan fingerprint density at radius 3 is 2.38 bits per heavy atom. The third-order valence-corrected chi connectivity index (χ3v) is 12.6. The van der Waals surface area contributed by atoms with Crippen LogP contribution >= 0.6 is 23.2 Å². The molecule has 4 aromatic rings. The standard InChI is InChI=1S/C42H46Cl2N6O7S/c1-24(51)48-58(4,54)49-39(53)28-22-50(23-28)21-27-18-35(43)42(47-41(27)56-3)57-37-16-14-31-30(7-5-8-32(31)37)33-9-6-10-34(38(33)44)36-15-12-26(40(46-36)55-2)20-45-19-25-11-13-29(52)17-25/h5-10,12,15,18,25,28,37,45H,11,13-14,16-17,19-23H2,1-4H3,(H,48,49,51,53,54)/t25-,37+,58?/m1/s1. The Kier molecular flexibility index (Phi) is 12.7. The van der Waals surface area contributed by atoms with E-state index < -0.39 is 27.6 Å². The second-order valence-electron chi connectivity index (χ2n) is 15.1. The molecule has 2 aromatic carbocycles. The third-order valence-electron chi connectivity index (χ3n) is 10.7. The molecule has 2 fully saturated rings. The van der Waals surface area contributed by atoms with Gasteiger partial charge < -0.3 is 19.5 Å². The maximum atomic E-state index is 12.6. The van der Waals surface area contributed by atoms with Gasteiger partial charge in [-0.15, -0.1) is 4.36 Å². The lowest BCUT2D eigenvalue weighted by atomic mass is 9.94. The van der Waals surface area contributed by atoms with Gasteiger partial charge in [0.25, 0.3) is 5.91 Å². The second kappa shape index (κ2) is 17.7. The van der Waals surface area contributed by atoms with Crippen LogP contribution in [0.5, 0.6) is 17.6 Å². The summed E-state index contributed by atoms with van der Waals surface area (Å²) in [5.74, 6) is 0.387. The lowest BCUT2D eigenvalue weighted by molar-refractivity contribution is -0.126. The number of Topliss-reactive ketones (excluding diaryl/α,β-unsaturated/α-hetero) is 1. The minimum Gasteiger partial charge on any atom is -0.481 e. The van der Waals surface area contributed by atoms with Crippen LogP contribution < -0.4 is 24.2 Å². The normalized spacial score (nSPS) is 18.9. The van der Waals surface area contributed by atoms with Gasteiger partial charge in [0.15, 0.2) is 0 Å². The van der Waals surface area contributed by atoms with Gasteiger partial charge in [-0.05, 0) is 60.5 Å². The summed E-state index contributed by atoms with van der Waals surface area (Å²) in [6.07, 6.45) is 4.63. The van der Waals surface area contributed by atoms with Gasteiger partial charge in [0.05, 0.1) is 30.9 Å². The molecule has 58 heavy (non-hydrogen) atoms. The first-order chi connectivity index (χ1) is 27.8. The number of halogens is 2. The van der Waals surface area contributed by atoms with Crippen molar-refractivity contribution in [1.82, 2.24) is 24.9 Å². The number of ether oxygens (including phenoxy) is 3. The van der Waals surface area contributed by atoms with Crippen molar-refractivity contribution in [2.45, 2.75) is 58.2 Å². The van der Waals surface area contributed by atoms with E-state index >= 15 is 0 Å². The fourth-order valence-electron chi connectivity index (χ4n) is 7.97. The van der Waals surface area contributed by atoms with Crippen LogP contribution in [0.1, 0.15) is 61.0 Å². The number of fused-ring (bicyclic) bond motifs is 1. The van der Waals surface area contributed by atoms with Crippen LogP contribution in [0.25, 0.3) is 22.4 Å². The van der Waals surface area contributed by atoms with Crippen LogP contribution in [0.2, 0.25) is 10.0 Å². The minimum atomic E-state index is -3.14. The molecule has 2 N–H and O–H groups in total. The van der Waals surface area contributed by atoms with E-state index in [0.717, 1.165) is 58.3 Å². The van der Waals surface area contributed by atoms with Crippen LogP contribution in [0.4, 0.5) is 0 Å². The zero-order chi connectivity index (χ0) is 41.1. The van der Waals surface area contributed by atoms with Crippen molar-refractivity contribution in [3.05, 3.63) is 86.9 Å². The SMILES string of the molecule is COc1nc(-c2cccc(-c3cccc4c3CC[C@@H]4Oc3nc(OC)c(CN4CC(C(=O)N=S(C)(=O)NC(C)=O)C4)cc3Cl)c2Cl)ccc1CNC[C@@H]1CCC(=O)C1. The molecule has 0 spiro atoms. The van der Waals surface area contributed by atoms with E-state index in [1.54, 1.807) is 13.2 Å². The summed E-state index contributed by atoms with van der Waals surface area (Å²) in [6, 6.07) is 17.8. The number of carbonyl (C=O) groups excluding carboxylic acids is 3. The van der Waals surface area contributed by atoms with Gasteiger partial charge >= 0.3 is 0 Å². The van der Waals surface area contributed by atoms with E-state index in [9.17, 15) is 18.6 Å². The predicted molar refractivity (Wildman–Crippen MR) is 222 cm³/mol. The molecule has 0 bridgehead atoms. The van der Waals surface area contributed by atoms with Crippen molar-refractivity contribution in [2.75, 3.05) is 40.1 Å². The number of pyridine rings is 2. The summed E-state index contributed by atoms with van der Waals surface area (Å²) in [5.41, 5.74) is 7.19. The van der Waals surface area contributed by atoms with Crippen molar-refractivity contribution in [1.29, 1.82) is 0 Å². The molecule has 1 aliphatic heterocycles. The summed E-state index contributed by atoms with van der Waals surface area (Å²) in [7, 11) is -0.00224. The maximum absolute atomic E-state index is 12.6. The lowest BCUT2D eigenvalue weighted by Crippen LogP contribution is -2.49. The number of methoxy groups -OCH3 is 2. The largest absolute Gasteiger partial charge is 0.481 e. The molecular formula is C42H46Cl2N6O7S. The van der Waals surface area contributed by atoms with E-state index in [2.05, 4.69) is 31.5 Å². The van der Waals surface area contributed by atoms with Crippen molar-refractivity contribution < 1.29 is 32.8 Å². The summed E-state index contributed by atoms with van der Waals surface area (Å²) in [5, 5.41) is 4.37. The molecule has 0 radical (unpaired) electrons. The number of likely N-dealkylation sites (tertiary alicyclic amines) is 1. The summed E-state index contributed by atoms with van der Waals surface area (Å²) in [6.45, 7) is 3.79. The smallest absolute Gasteiger partial charge is 0.260 e. The molecule has 13 nitrogen and oxygen atoms in total. The Labute approximate surface area is 348 Å². The number of hydrogen-bond acceptors (Lipinski definition) is 11. The highest BCUT2D eigenvalue weighted by Gasteiger charge is 2.35. The van der Waals surface area contributed by atoms with Crippen LogP contribution in [0, 0.1) is 11.8 Å². The van der Waals surface area contributed by atoms with E-state index in [-0.39, 0.29) is 12.0 Å². The van der Waals surface area contributed by atoms with Crippen LogP contribution in [-0.4, -0.2) is 76.8 Å². The van der Waals surface area contributed by atoms with Crippen molar-refractivity contribution in [3.8, 4) is 40.0 Å². The zero-order valence-electron chi connectivity index (χ0n) is 32.8. The first-order valence-electron chi connectivity index (χ1n) is 19.2. The molecule has 1 saturated heterocycles. The molecule has 306 valence electrons. The Morgan fingerprint density at radius 2 is 1.66 bits per heavy atom. The van der Waals surface area contributed by atoms with Gasteiger partial charge in [-0.3, -0.25) is 24.0 Å². The molecule has 16 heteroatoms. The van der Waals surface area contributed by atoms with Gasteiger partial charge in [0.2, 0.25) is 23.5 Å². The molecule has 1 saturated carbocycles. The number of hydrogen-bond donors (Lipinski definition) is 2. The number of ketones is 1. The van der Waals surface area contributed by atoms with E-state index in [1.807, 2.05) is 41.3 Å². The maximum Gasteiger partial charge on any atom is 0.260 e. The van der Waals surface area contributed by atoms with E-state index in [1.165, 1.54) is 20.3 Å². The number of rotatable bonds is 14. The summed E-state index contributed by atoms with van der Waals surface area (Å²) < 4.78 is 36.2. The quantitative estimate of drug-likeness (QED) is 0.138. The Bertz CT molecular complexity index is 2380. The topological polar surface area (TPSA) is 161 Å². The van der Waals surface area contributed by atoms with E-state index in [0.29, 0.717) is 84.6 Å².